The standard InChI is InChI=1S/C19H17ClN4OS2/c1-12(15-7-9-17(20)10-8-15)21-23-18(25)16-5-3-14(4-6-16)11-26-19-24-22-13(2)27-19/h3-10H,11H2,1-2H3,(H,23,25). The lowest BCUT2D eigenvalue weighted by Crippen LogP contribution is -2.19. The summed E-state index contributed by atoms with van der Waals surface area (Å²) in [6.45, 7) is 3.77. The van der Waals surface area contributed by atoms with Crippen molar-refractivity contribution in [1.82, 2.24) is 15.6 Å². The molecule has 0 unspecified atom stereocenters. The number of halogens is 1. The number of rotatable bonds is 6. The smallest absolute Gasteiger partial charge is 0.267 e. The van der Waals surface area contributed by atoms with Crippen molar-refractivity contribution in [3.63, 3.8) is 0 Å². The third kappa shape index (κ3) is 5.63. The predicted octanol–water partition coefficient (Wildman–Crippen LogP) is 4.95. The quantitative estimate of drug-likeness (QED) is 0.351. The zero-order valence-electron chi connectivity index (χ0n) is 14.8. The van der Waals surface area contributed by atoms with Crippen LogP contribution in [-0.4, -0.2) is 21.8 Å². The van der Waals surface area contributed by atoms with Crippen molar-refractivity contribution < 1.29 is 4.79 Å². The highest BCUT2D eigenvalue weighted by Gasteiger charge is 2.07. The molecule has 0 spiro atoms. The normalized spacial score (nSPS) is 11.4. The van der Waals surface area contributed by atoms with Gasteiger partial charge >= 0.3 is 0 Å². The molecule has 1 aromatic heterocycles. The number of amides is 1. The molecule has 138 valence electrons. The number of hydrogen-bond donors (Lipinski definition) is 1. The lowest BCUT2D eigenvalue weighted by Gasteiger charge is -2.04. The third-order valence-electron chi connectivity index (χ3n) is 3.67. The lowest BCUT2D eigenvalue weighted by atomic mass is 10.1. The Balaban J connectivity index is 1.56. The van der Waals surface area contributed by atoms with Gasteiger partial charge in [-0.05, 0) is 49.2 Å². The van der Waals surface area contributed by atoms with Crippen LogP contribution in [0.5, 0.6) is 0 Å². The fraction of sp³-hybridized carbons (Fsp3) is 0.158. The highest BCUT2D eigenvalue weighted by Crippen LogP contribution is 2.25. The summed E-state index contributed by atoms with van der Waals surface area (Å²) in [5.41, 5.74) is 5.87. The van der Waals surface area contributed by atoms with E-state index in [4.69, 9.17) is 11.6 Å². The molecule has 0 bridgehead atoms. The maximum absolute atomic E-state index is 12.3. The van der Waals surface area contributed by atoms with Gasteiger partial charge in [-0.15, -0.1) is 10.2 Å². The highest BCUT2D eigenvalue weighted by molar-refractivity contribution is 8.00. The average molecular weight is 417 g/mol. The van der Waals surface area contributed by atoms with Gasteiger partial charge in [-0.2, -0.15) is 5.10 Å². The summed E-state index contributed by atoms with van der Waals surface area (Å²) in [6.07, 6.45) is 0. The van der Waals surface area contributed by atoms with Crippen molar-refractivity contribution in [2.24, 2.45) is 5.10 Å². The van der Waals surface area contributed by atoms with E-state index in [0.29, 0.717) is 16.3 Å². The van der Waals surface area contributed by atoms with E-state index in [1.807, 2.05) is 38.1 Å². The second-order valence-corrected chi connectivity index (χ2v) is 8.56. The number of hydrogen-bond acceptors (Lipinski definition) is 6. The minimum atomic E-state index is -0.248. The molecule has 2 aromatic carbocycles. The molecule has 8 heteroatoms. The van der Waals surface area contributed by atoms with Crippen molar-refractivity contribution >= 4 is 46.3 Å². The van der Waals surface area contributed by atoms with Crippen molar-refractivity contribution in [1.29, 1.82) is 0 Å². The molecule has 3 aromatic rings. The molecule has 5 nitrogen and oxygen atoms in total. The molecular formula is C19H17ClN4OS2. The molecule has 0 radical (unpaired) electrons. The zero-order valence-corrected chi connectivity index (χ0v) is 17.2. The Kier molecular flexibility index (Phi) is 6.60. The molecule has 0 fully saturated rings. The van der Waals surface area contributed by atoms with Crippen molar-refractivity contribution in [2.75, 3.05) is 0 Å². The first-order valence-electron chi connectivity index (χ1n) is 8.13. The molecular weight excluding hydrogens is 400 g/mol. The van der Waals surface area contributed by atoms with Gasteiger partial charge < -0.3 is 0 Å². The first kappa shape index (κ1) is 19.5. The molecule has 0 saturated carbocycles. The van der Waals surface area contributed by atoms with Crippen LogP contribution in [0.15, 0.2) is 58.0 Å². The maximum atomic E-state index is 12.3. The number of carbonyl (C=O) groups is 1. The minimum Gasteiger partial charge on any atom is -0.267 e. The van der Waals surface area contributed by atoms with Gasteiger partial charge in [0.2, 0.25) is 0 Å². The highest BCUT2D eigenvalue weighted by atomic mass is 35.5. The van der Waals surface area contributed by atoms with Crippen LogP contribution in [0.2, 0.25) is 5.02 Å². The summed E-state index contributed by atoms with van der Waals surface area (Å²) in [5, 5.41) is 13.9. The molecule has 0 aliphatic rings. The first-order valence-corrected chi connectivity index (χ1v) is 10.3. The number of thioether (sulfide) groups is 1. The average Bonchev–Trinajstić information content (AvgIpc) is 3.10. The van der Waals surface area contributed by atoms with Crippen LogP contribution < -0.4 is 5.43 Å². The Bertz CT molecular complexity index is 953. The van der Waals surface area contributed by atoms with Crippen LogP contribution in [-0.2, 0) is 5.75 Å². The number of aromatic nitrogens is 2. The molecule has 1 heterocycles. The molecule has 1 N–H and O–H groups in total. The van der Waals surface area contributed by atoms with E-state index in [9.17, 15) is 4.79 Å². The summed E-state index contributed by atoms with van der Waals surface area (Å²) in [7, 11) is 0. The number of benzene rings is 2. The van der Waals surface area contributed by atoms with E-state index in [-0.39, 0.29) is 5.91 Å². The predicted molar refractivity (Wildman–Crippen MR) is 112 cm³/mol. The third-order valence-corrected chi connectivity index (χ3v) is 5.97. The van der Waals surface area contributed by atoms with E-state index in [1.165, 1.54) is 0 Å². The molecule has 0 atom stereocenters. The van der Waals surface area contributed by atoms with Gasteiger partial charge in [0.1, 0.15) is 5.01 Å². The van der Waals surface area contributed by atoms with Crippen LogP contribution >= 0.6 is 34.7 Å². The van der Waals surface area contributed by atoms with Gasteiger partial charge in [0.15, 0.2) is 4.34 Å². The van der Waals surface area contributed by atoms with Gasteiger partial charge in [-0.1, -0.05) is 59.0 Å². The minimum absolute atomic E-state index is 0.248. The largest absolute Gasteiger partial charge is 0.271 e. The van der Waals surface area contributed by atoms with Gasteiger partial charge in [0, 0.05) is 16.3 Å². The Morgan fingerprint density at radius 1 is 1.11 bits per heavy atom. The van der Waals surface area contributed by atoms with E-state index in [1.54, 1.807) is 47.4 Å². The Labute approximate surface area is 170 Å². The van der Waals surface area contributed by atoms with Gasteiger partial charge in [-0.3, -0.25) is 4.79 Å². The number of carbonyl (C=O) groups excluding carboxylic acids is 1. The summed E-state index contributed by atoms with van der Waals surface area (Å²) in [4.78, 5) is 12.3. The monoisotopic (exact) mass is 416 g/mol. The van der Waals surface area contributed by atoms with Crippen molar-refractivity contribution in [2.45, 2.75) is 23.9 Å². The van der Waals surface area contributed by atoms with Crippen LogP contribution in [0.3, 0.4) is 0 Å². The fourth-order valence-electron chi connectivity index (χ4n) is 2.19. The zero-order chi connectivity index (χ0) is 19.2. The first-order chi connectivity index (χ1) is 13.0. The number of nitrogens with zero attached hydrogens (tertiary/aromatic N) is 3. The molecule has 0 aliphatic carbocycles. The molecule has 27 heavy (non-hydrogen) atoms. The lowest BCUT2D eigenvalue weighted by molar-refractivity contribution is 0.0955. The summed E-state index contributed by atoms with van der Waals surface area (Å²) < 4.78 is 0.946. The summed E-state index contributed by atoms with van der Waals surface area (Å²) >= 11 is 9.09. The SMILES string of the molecule is CC(=NNC(=O)c1ccc(CSc2nnc(C)s2)cc1)c1ccc(Cl)cc1. The molecule has 3 rings (SSSR count). The van der Waals surface area contributed by atoms with E-state index in [0.717, 1.165) is 26.2 Å². The molecule has 0 aliphatic heterocycles. The molecule has 1 amide bonds. The topological polar surface area (TPSA) is 67.2 Å². The molecule has 0 saturated heterocycles. The second-order valence-electron chi connectivity index (χ2n) is 5.72. The number of hydrazone groups is 1. The Hall–Kier alpha value is -2.22. The van der Waals surface area contributed by atoms with Crippen LogP contribution in [0.1, 0.15) is 33.4 Å². The van der Waals surface area contributed by atoms with E-state index in [2.05, 4.69) is 20.7 Å². The summed E-state index contributed by atoms with van der Waals surface area (Å²) in [5.74, 6) is 0.534. The van der Waals surface area contributed by atoms with E-state index >= 15 is 0 Å². The second kappa shape index (κ2) is 9.12. The number of nitrogens with one attached hydrogen (secondary N) is 1. The van der Waals surface area contributed by atoms with Crippen LogP contribution in [0, 0.1) is 6.92 Å². The van der Waals surface area contributed by atoms with Crippen molar-refractivity contribution in [3.8, 4) is 0 Å². The van der Waals surface area contributed by atoms with Gasteiger partial charge in [0.25, 0.3) is 5.91 Å². The van der Waals surface area contributed by atoms with Gasteiger partial charge in [-0.25, -0.2) is 5.43 Å². The fourth-order valence-corrected chi connectivity index (χ4v) is 4.09. The summed E-state index contributed by atoms with van der Waals surface area (Å²) in [6, 6.07) is 14.8. The van der Waals surface area contributed by atoms with E-state index < -0.39 is 0 Å². The Morgan fingerprint density at radius 2 is 1.78 bits per heavy atom. The number of aryl methyl sites for hydroxylation is 1. The van der Waals surface area contributed by atoms with Crippen LogP contribution in [0.25, 0.3) is 0 Å². The maximum Gasteiger partial charge on any atom is 0.271 e. The van der Waals surface area contributed by atoms with Crippen LogP contribution in [0.4, 0.5) is 0 Å². The van der Waals surface area contributed by atoms with Crippen molar-refractivity contribution in [3.05, 3.63) is 75.3 Å². The Morgan fingerprint density at radius 3 is 2.41 bits per heavy atom. The van der Waals surface area contributed by atoms with Gasteiger partial charge in [0.05, 0.1) is 5.71 Å².